The van der Waals surface area contributed by atoms with Crippen molar-refractivity contribution in [1.29, 1.82) is 0 Å². The van der Waals surface area contributed by atoms with Gasteiger partial charge in [-0.3, -0.25) is 19.4 Å². The van der Waals surface area contributed by atoms with Gasteiger partial charge in [0.1, 0.15) is 23.6 Å². The van der Waals surface area contributed by atoms with Crippen LogP contribution in [0.1, 0.15) is 42.2 Å². The van der Waals surface area contributed by atoms with E-state index in [1.165, 1.54) is 39.7 Å². The fourth-order valence-electron chi connectivity index (χ4n) is 4.91. The molecule has 3 unspecified atom stereocenters. The number of nitrogens with zero attached hydrogens (tertiary/aromatic N) is 3. The molecule has 1 aromatic carbocycles. The summed E-state index contributed by atoms with van der Waals surface area (Å²) in [5.41, 5.74) is 0.498. The molecule has 2 aromatic rings. The number of alkyl halides is 2. The van der Waals surface area contributed by atoms with Gasteiger partial charge >= 0.3 is 6.61 Å². The number of amides is 2. The Morgan fingerprint density at radius 1 is 1.18 bits per heavy atom. The second-order valence-corrected chi connectivity index (χ2v) is 11.1. The van der Waals surface area contributed by atoms with Crippen LogP contribution in [0.15, 0.2) is 48.7 Å². The summed E-state index contributed by atoms with van der Waals surface area (Å²) in [4.78, 5) is 44.7. The Morgan fingerprint density at radius 3 is 2.55 bits per heavy atom. The van der Waals surface area contributed by atoms with Crippen molar-refractivity contribution < 1.29 is 36.3 Å². The van der Waals surface area contributed by atoms with Crippen LogP contribution in [-0.4, -0.2) is 78.0 Å². The highest BCUT2D eigenvalue weighted by molar-refractivity contribution is 7.88. The number of fused-ring (bicyclic) bond motifs is 1. The molecule has 2 saturated heterocycles. The predicted molar refractivity (Wildman–Crippen MR) is 132 cm³/mol. The normalized spacial score (nSPS) is 20.4. The molecule has 0 spiro atoms. The quantitative estimate of drug-likeness (QED) is 0.479. The van der Waals surface area contributed by atoms with Crippen LogP contribution in [0.3, 0.4) is 0 Å². The van der Waals surface area contributed by atoms with Crippen LogP contribution in [0, 0.1) is 0 Å². The van der Waals surface area contributed by atoms with Crippen molar-refractivity contribution in [2.45, 2.75) is 56.7 Å². The lowest BCUT2D eigenvalue weighted by Crippen LogP contribution is -2.52. The number of ether oxygens (including phenoxy) is 1. The summed E-state index contributed by atoms with van der Waals surface area (Å²) in [6.45, 7) is -1.32. The summed E-state index contributed by atoms with van der Waals surface area (Å²) in [7, 11) is -3.86. The van der Waals surface area contributed by atoms with Gasteiger partial charge in [0, 0.05) is 18.3 Å². The molecule has 38 heavy (non-hydrogen) atoms. The number of nitrogens with one attached hydrogen (secondary N) is 1. The van der Waals surface area contributed by atoms with Gasteiger partial charge in [0.2, 0.25) is 15.9 Å². The van der Waals surface area contributed by atoms with Gasteiger partial charge in [-0.15, -0.1) is 0 Å². The fraction of sp³-hybridized carbons (Fsp3) is 0.440. The maximum absolute atomic E-state index is 13.5. The van der Waals surface area contributed by atoms with E-state index in [0.717, 1.165) is 0 Å². The summed E-state index contributed by atoms with van der Waals surface area (Å²) in [6, 6.07) is 7.44. The van der Waals surface area contributed by atoms with Crippen LogP contribution in [0.4, 0.5) is 8.78 Å². The molecule has 1 N–H and O–H groups in total. The minimum absolute atomic E-state index is 0.108. The van der Waals surface area contributed by atoms with Crippen LogP contribution in [0.25, 0.3) is 0 Å². The van der Waals surface area contributed by atoms with E-state index >= 15 is 0 Å². The number of sulfonamides is 1. The minimum Gasteiger partial charge on any atom is -0.435 e. The van der Waals surface area contributed by atoms with Gasteiger partial charge in [-0.05, 0) is 49.2 Å². The molecule has 2 aliphatic heterocycles. The Hall–Kier alpha value is -3.45. The number of carbonyl (C=O) groups is 3. The highest BCUT2D eigenvalue weighted by Gasteiger charge is 2.54. The van der Waals surface area contributed by atoms with E-state index in [0.29, 0.717) is 25.0 Å². The average Bonchev–Trinajstić information content (AvgIpc) is 3.45. The molecule has 0 radical (unpaired) electrons. The molecule has 0 bridgehead atoms. The first-order valence-corrected chi connectivity index (χ1v) is 13.8. The molecule has 2 aliphatic rings. The highest BCUT2D eigenvalue weighted by Crippen LogP contribution is 2.33. The topological polar surface area (TPSA) is 126 Å². The second-order valence-electron chi connectivity index (χ2n) is 9.14. The van der Waals surface area contributed by atoms with E-state index in [2.05, 4.69) is 15.0 Å². The van der Waals surface area contributed by atoms with Crippen molar-refractivity contribution in [3.63, 3.8) is 0 Å². The van der Waals surface area contributed by atoms with Crippen LogP contribution in [0.5, 0.6) is 5.75 Å². The molecule has 10 nitrogen and oxygen atoms in total. The number of Topliss-reactive ketones (excluding diaryl/α,β-unsaturated/α-hetero) is 1. The molecule has 2 amide bonds. The Kier molecular flexibility index (Phi) is 8.36. The third-order valence-corrected chi connectivity index (χ3v) is 8.37. The van der Waals surface area contributed by atoms with Gasteiger partial charge in [0.25, 0.3) is 5.91 Å². The van der Waals surface area contributed by atoms with E-state index in [-0.39, 0.29) is 35.9 Å². The molecule has 3 atom stereocenters. The predicted octanol–water partition coefficient (Wildman–Crippen LogP) is 1.97. The van der Waals surface area contributed by atoms with Crippen LogP contribution in [0.2, 0.25) is 0 Å². The number of pyridine rings is 1. The number of aromatic nitrogens is 1. The smallest absolute Gasteiger partial charge is 0.387 e. The number of hydrogen-bond donors (Lipinski definition) is 1. The molecule has 13 heteroatoms. The standard InChI is InChI=1S/C25H28F2N4O6S/c1-2-5-19(29-23(33)16-7-9-18(10-8-16)37-25(26)27)24(34)30-13-11-20-22(30)21(32)14-31(20)38(35,36)15-17-6-3-4-12-28-17/h3-4,6-10,12,19-20,22,25H,2,5,11,13-15H2,1H3,(H,29,33). The lowest BCUT2D eigenvalue weighted by Gasteiger charge is -2.28. The number of carbonyl (C=O) groups excluding carboxylic acids is 3. The molecule has 0 saturated carbocycles. The summed E-state index contributed by atoms with van der Waals surface area (Å²) in [6.07, 6.45) is 2.63. The van der Waals surface area contributed by atoms with Gasteiger partial charge < -0.3 is 15.0 Å². The fourth-order valence-corrected chi connectivity index (χ4v) is 6.58. The van der Waals surface area contributed by atoms with Crippen molar-refractivity contribution in [3.8, 4) is 5.75 Å². The van der Waals surface area contributed by atoms with Gasteiger partial charge in [-0.2, -0.15) is 13.1 Å². The largest absolute Gasteiger partial charge is 0.435 e. The number of likely N-dealkylation sites (tertiary alicyclic amines) is 1. The maximum Gasteiger partial charge on any atom is 0.387 e. The summed E-state index contributed by atoms with van der Waals surface area (Å²) < 4.78 is 56.4. The van der Waals surface area contributed by atoms with Crippen LogP contribution >= 0.6 is 0 Å². The molecule has 3 heterocycles. The van der Waals surface area contributed by atoms with E-state index in [1.807, 2.05) is 6.92 Å². The molecule has 4 rings (SSSR count). The Labute approximate surface area is 219 Å². The van der Waals surface area contributed by atoms with Crippen molar-refractivity contribution in [2.24, 2.45) is 0 Å². The van der Waals surface area contributed by atoms with Gasteiger partial charge in [0.05, 0.1) is 18.3 Å². The molecule has 204 valence electrons. The lowest BCUT2D eigenvalue weighted by molar-refractivity contribution is -0.138. The zero-order valence-corrected chi connectivity index (χ0v) is 21.4. The molecular weight excluding hydrogens is 522 g/mol. The average molecular weight is 551 g/mol. The zero-order chi connectivity index (χ0) is 27.4. The SMILES string of the molecule is CCCC(NC(=O)c1ccc(OC(F)F)cc1)C(=O)N1CCC2C1C(=O)CN2S(=O)(=O)Cc1ccccn1. The summed E-state index contributed by atoms with van der Waals surface area (Å²) in [5, 5.41) is 2.67. The lowest BCUT2D eigenvalue weighted by atomic mass is 10.1. The third-order valence-electron chi connectivity index (χ3n) is 6.60. The van der Waals surface area contributed by atoms with Crippen molar-refractivity contribution >= 4 is 27.6 Å². The molecule has 1 aromatic heterocycles. The number of rotatable bonds is 10. The summed E-state index contributed by atoms with van der Waals surface area (Å²) >= 11 is 0. The number of halogens is 2. The van der Waals surface area contributed by atoms with E-state index in [1.54, 1.807) is 18.2 Å². The highest BCUT2D eigenvalue weighted by atomic mass is 32.2. The van der Waals surface area contributed by atoms with Crippen molar-refractivity contribution in [2.75, 3.05) is 13.1 Å². The van der Waals surface area contributed by atoms with E-state index in [4.69, 9.17) is 0 Å². The number of hydrogen-bond acceptors (Lipinski definition) is 7. The van der Waals surface area contributed by atoms with Crippen molar-refractivity contribution in [1.82, 2.24) is 19.5 Å². The van der Waals surface area contributed by atoms with Crippen LogP contribution in [-0.2, 0) is 25.4 Å². The van der Waals surface area contributed by atoms with Gasteiger partial charge in [-0.25, -0.2) is 8.42 Å². The monoisotopic (exact) mass is 550 g/mol. The Balaban J connectivity index is 1.46. The Morgan fingerprint density at radius 2 is 1.92 bits per heavy atom. The summed E-state index contributed by atoms with van der Waals surface area (Å²) in [5.74, 6) is -1.89. The zero-order valence-electron chi connectivity index (χ0n) is 20.6. The molecule has 0 aliphatic carbocycles. The number of ketones is 1. The molecular formula is C25H28F2N4O6S. The van der Waals surface area contributed by atoms with E-state index in [9.17, 15) is 31.6 Å². The molecule has 2 fully saturated rings. The van der Waals surface area contributed by atoms with Gasteiger partial charge in [-0.1, -0.05) is 19.4 Å². The van der Waals surface area contributed by atoms with Gasteiger partial charge in [0.15, 0.2) is 5.78 Å². The first kappa shape index (κ1) is 27.6. The maximum atomic E-state index is 13.5. The Bertz CT molecular complexity index is 1280. The van der Waals surface area contributed by atoms with Crippen molar-refractivity contribution in [3.05, 3.63) is 59.9 Å². The minimum atomic E-state index is -3.86. The second kappa shape index (κ2) is 11.5. The third kappa shape index (κ3) is 5.99. The first-order chi connectivity index (χ1) is 18.1. The number of benzene rings is 1. The first-order valence-electron chi connectivity index (χ1n) is 12.2. The van der Waals surface area contributed by atoms with Crippen LogP contribution < -0.4 is 10.1 Å². The van der Waals surface area contributed by atoms with E-state index < -0.39 is 46.6 Å².